The molecule has 1 aromatic rings. The summed E-state index contributed by atoms with van der Waals surface area (Å²) in [7, 11) is 0. The third-order valence-electron chi connectivity index (χ3n) is 3.41. The molecule has 1 aromatic carbocycles. The van der Waals surface area contributed by atoms with Crippen molar-refractivity contribution in [2.45, 2.75) is 45.1 Å². The molecule has 0 radical (unpaired) electrons. The molecule has 1 saturated heterocycles. The molecule has 0 N–H and O–H groups in total. The summed E-state index contributed by atoms with van der Waals surface area (Å²) in [5.74, 6) is 3.09. The van der Waals surface area contributed by atoms with Gasteiger partial charge < -0.3 is 4.74 Å². The molecule has 2 rings (SSSR count). The molecule has 0 aliphatic carbocycles. The summed E-state index contributed by atoms with van der Waals surface area (Å²) < 4.78 is 5.11. The van der Waals surface area contributed by atoms with Crippen LogP contribution in [0, 0.1) is 12.0 Å². The summed E-state index contributed by atoms with van der Waals surface area (Å²) in [5, 5.41) is 0. The van der Waals surface area contributed by atoms with Crippen LogP contribution in [0.3, 0.4) is 0 Å². The van der Waals surface area contributed by atoms with Gasteiger partial charge in [-0.3, -0.25) is 0 Å². The van der Waals surface area contributed by atoms with Gasteiger partial charge in [0, 0.05) is 12.5 Å². The lowest BCUT2D eigenvalue weighted by molar-refractivity contribution is 0.167. The van der Waals surface area contributed by atoms with Gasteiger partial charge >= 0.3 is 6.09 Å². The molecule has 0 aromatic heterocycles. The predicted molar refractivity (Wildman–Crippen MR) is 78.9 cm³/mol. The van der Waals surface area contributed by atoms with Crippen LogP contribution < -0.4 is 0 Å². The standard InChI is InChI=1S/C17H21NO2/c1-2-3-4-5-6-10-13-18-16(14-20-17(18)19)15-11-8-7-9-12-15/h7-9,11-12,16H,2-6,14H2,1H3/t16-/m0/s1. The number of hydrogen-bond acceptors (Lipinski definition) is 2. The van der Waals surface area contributed by atoms with Gasteiger partial charge in [0.05, 0.1) is 0 Å². The Kier molecular flexibility index (Phi) is 5.49. The lowest BCUT2D eigenvalue weighted by Crippen LogP contribution is -2.22. The molecule has 106 valence electrons. The van der Waals surface area contributed by atoms with Gasteiger partial charge in [-0.15, -0.1) is 0 Å². The lowest BCUT2D eigenvalue weighted by atomic mass is 10.1. The van der Waals surface area contributed by atoms with E-state index in [9.17, 15) is 4.79 Å². The first-order chi connectivity index (χ1) is 9.83. The van der Waals surface area contributed by atoms with E-state index in [-0.39, 0.29) is 12.1 Å². The second kappa shape index (κ2) is 7.59. The maximum Gasteiger partial charge on any atom is 0.422 e. The van der Waals surface area contributed by atoms with Crippen LogP contribution >= 0.6 is 0 Å². The largest absolute Gasteiger partial charge is 0.446 e. The molecule has 3 heteroatoms. The Balaban J connectivity index is 1.94. The van der Waals surface area contributed by atoms with Gasteiger partial charge in [-0.1, -0.05) is 62.4 Å². The Morgan fingerprint density at radius 1 is 1.25 bits per heavy atom. The Morgan fingerprint density at radius 2 is 2.05 bits per heavy atom. The van der Waals surface area contributed by atoms with Gasteiger partial charge in [0.15, 0.2) is 0 Å². The number of amides is 1. The van der Waals surface area contributed by atoms with E-state index in [1.807, 2.05) is 30.3 Å². The summed E-state index contributed by atoms with van der Waals surface area (Å²) >= 11 is 0. The first-order valence-electron chi connectivity index (χ1n) is 7.32. The maximum absolute atomic E-state index is 11.7. The summed E-state index contributed by atoms with van der Waals surface area (Å²) in [4.78, 5) is 13.2. The quantitative estimate of drug-likeness (QED) is 0.595. The van der Waals surface area contributed by atoms with Crippen LogP contribution in [-0.4, -0.2) is 17.6 Å². The first kappa shape index (κ1) is 14.5. The SMILES string of the molecule is CCCCCCC#CN1C(=O)OC[C@H]1c1ccccc1. The fourth-order valence-electron chi connectivity index (χ4n) is 2.25. The molecule has 1 fully saturated rings. The summed E-state index contributed by atoms with van der Waals surface area (Å²) in [6, 6.07) is 12.8. The minimum Gasteiger partial charge on any atom is -0.446 e. The number of carbonyl (C=O) groups is 1. The number of rotatable bonds is 5. The van der Waals surface area contributed by atoms with E-state index in [0.29, 0.717) is 6.61 Å². The van der Waals surface area contributed by atoms with Gasteiger partial charge in [-0.25, -0.2) is 9.69 Å². The van der Waals surface area contributed by atoms with Gasteiger partial charge in [0.2, 0.25) is 0 Å². The number of carbonyl (C=O) groups excluding carboxylic acids is 1. The van der Waals surface area contributed by atoms with Crippen molar-refractivity contribution in [3.05, 3.63) is 35.9 Å². The van der Waals surface area contributed by atoms with Crippen molar-refractivity contribution >= 4 is 6.09 Å². The van der Waals surface area contributed by atoms with Crippen molar-refractivity contribution in [1.82, 2.24) is 4.90 Å². The molecule has 3 nitrogen and oxygen atoms in total. The number of ether oxygens (including phenoxy) is 1. The molecule has 0 spiro atoms. The van der Waals surface area contributed by atoms with Crippen LogP contribution in [0.1, 0.15) is 50.6 Å². The topological polar surface area (TPSA) is 29.5 Å². The van der Waals surface area contributed by atoms with Gasteiger partial charge in [0.1, 0.15) is 12.6 Å². The minimum atomic E-state index is -0.333. The van der Waals surface area contributed by atoms with E-state index in [1.165, 1.54) is 24.2 Å². The van der Waals surface area contributed by atoms with Crippen LogP contribution in [0.4, 0.5) is 4.79 Å². The van der Waals surface area contributed by atoms with E-state index in [4.69, 9.17) is 4.74 Å². The van der Waals surface area contributed by atoms with E-state index in [1.54, 1.807) is 0 Å². The maximum atomic E-state index is 11.7. The highest BCUT2D eigenvalue weighted by atomic mass is 16.6. The lowest BCUT2D eigenvalue weighted by Gasteiger charge is -2.14. The molecule has 20 heavy (non-hydrogen) atoms. The summed E-state index contributed by atoms with van der Waals surface area (Å²) in [5.41, 5.74) is 1.07. The molecule has 0 unspecified atom stereocenters. The Bertz CT molecular complexity index is 487. The predicted octanol–water partition coefficient (Wildman–Crippen LogP) is 4.11. The van der Waals surface area contributed by atoms with Crippen LogP contribution in [0.5, 0.6) is 0 Å². The Morgan fingerprint density at radius 3 is 2.80 bits per heavy atom. The zero-order valence-electron chi connectivity index (χ0n) is 12.0. The summed E-state index contributed by atoms with van der Waals surface area (Å²) in [6.07, 6.45) is 5.28. The third kappa shape index (κ3) is 3.77. The van der Waals surface area contributed by atoms with Crippen molar-refractivity contribution in [2.24, 2.45) is 0 Å². The number of hydrogen-bond donors (Lipinski definition) is 0. The smallest absolute Gasteiger partial charge is 0.422 e. The van der Waals surface area contributed by atoms with Gasteiger partial charge in [-0.05, 0) is 12.0 Å². The highest BCUT2D eigenvalue weighted by Gasteiger charge is 2.33. The van der Waals surface area contributed by atoms with Crippen LogP contribution in [0.25, 0.3) is 0 Å². The highest BCUT2D eigenvalue weighted by Crippen LogP contribution is 2.26. The number of benzene rings is 1. The second-order valence-electron chi connectivity index (χ2n) is 4.97. The van der Waals surface area contributed by atoms with Crippen LogP contribution in [0.2, 0.25) is 0 Å². The third-order valence-corrected chi connectivity index (χ3v) is 3.41. The molecular weight excluding hydrogens is 250 g/mol. The van der Waals surface area contributed by atoms with Crippen LogP contribution in [0.15, 0.2) is 30.3 Å². The summed E-state index contributed by atoms with van der Waals surface area (Å²) in [6.45, 7) is 2.57. The van der Waals surface area contributed by atoms with E-state index in [0.717, 1.165) is 18.4 Å². The zero-order valence-corrected chi connectivity index (χ0v) is 12.0. The molecule has 1 heterocycles. The monoisotopic (exact) mass is 271 g/mol. The van der Waals surface area contributed by atoms with Crippen molar-refractivity contribution in [2.75, 3.05) is 6.61 Å². The first-order valence-corrected chi connectivity index (χ1v) is 7.32. The number of nitrogens with zero attached hydrogens (tertiary/aromatic N) is 1. The molecule has 1 aliphatic heterocycles. The minimum absolute atomic E-state index is 0.0770. The molecule has 1 amide bonds. The van der Waals surface area contributed by atoms with Crippen molar-refractivity contribution < 1.29 is 9.53 Å². The van der Waals surface area contributed by atoms with Gasteiger partial charge in [-0.2, -0.15) is 0 Å². The number of unbranched alkanes of at least 4 members (excludes halogenated alkanes) is 4. The van der Waals surface area contributed by atoms with Crippen molar-refractivity contribution in [3.63, 3.8) is 0 Å². The molecule has 1 aliphatic rings. The van der Waals surface area contributed by atoms with E-state index < -0.39 is 0 Å². The highest BCUT2D eigenvalue weighted by molar-refractivity contribution is 5.72. The van der Waals surface area contributed by atoms with Crippen LogP contribution in [-0.2, 0) is 4.74 Å². The van der Waals surface area contributed by atoms with Crippen molar-refractivity contribution in [1.29, 1.82) is 0 Å². The number of cyclic esters (lactones) is 1. The Hall–Kier alpha value is -1.95. The van der Waals surface area contributed by atoms with Gasteiger partial charge in [0.25, 0.3) is 0 Å². The Labute approximate surface area is 120 Å². The normalized spacial score (nSPS) is 17.6. The average Bonchev–Trinajstić information content (AvgIpc) is 2.85. The van der Waals surface area contributed by atoms with Crippen molar-refractivity contribution in [3.8, 4) is 12.0 Å². The van der Waals surface area contributed by atoms with E-state index in [2.05, 4.69) is 18.9 Å². The fraction of sp³-hybridized carbons (Fsp3) is 0.471. The molecule has 1 atom stereocenters. The zero-order chi connectivity index (χ0) is 14.2. The molecule has 0 bridgehead atoms. The second-order valence-corrected chi connectivity index (χ2v) is 4.97. The fourth-order valence-corrected chi connectivity index (χ4v) is 2.25. The molecule has 0 saturated carbocycles. The van der Waals surface area contributed by atoms with E-state index >= 15 is 0 Å². The average molecular weight is 271 g/mol. The molecular formula is C17H21NO2.